The fourth-order valence-corrected chi connectivity index (χ4v) is 1.71. The average Bonchev–Trinajstić information content (AvgIpc) is 2.86. The van der Waals surface area contributed by atoms with Crippen LogP contribution in [0, 0.1) is 0 Å². The van der Waals surface area contributed by atoms with Gasteiger partial charge in [0.15, 0.2) is 0 Å². The summed E-state index contributed by atoms with van der Waals surface area (Å²) in [4.78, 5) is 8.25. The first-order valence-electron chi connectivity index (χ1n) is 4.32. The number of hydrogen-bond acceptors (Lipinski definition) is 2. The van der Waals surface area contributed by atoms with Crippen LogP contribution in [0.2, 0.25) is 5.15 Å². The molecule has 0 atom stereocenters. The molecule has 1 heterocycles. The van der Waals surface area contributed by atoms with Crippen molar-refractivity contribution >= 4 is 11.6 Å². The van der Waals surface area contributed by atoms with Gasteiger partial charge in [0.05, 0.1) is 5.69 Å². The number of aromatic nitrogens is 2. The number of nitrogens with zero attached hydrogens (tertiary/aromatic N) is 2. The topological polar surface area (TPSA) is 25.8 Å². The van der Waals surface area contributed by atoms with Crippen LogP contribution in [0.25, 0.3) is 0 Å². The quantitative estimate of drug-likeness (QED) is 0.657. The highest BCUT2D eigenvalue weighted by molar-refractivity contribution is 6.30. The van der Waals surface area contributed by atoms with Crippen molar-refractivity contribution in [3.05, 3.63) is 22.7 Å². The molecule has 0 radical (unpaired) electrons. The van der Waals surface area contributed by atoms with Gasteiger partial charge in [-0.25, -0.2) is 9.97 Å². The van der Waals surface area contributed by atoms with E-state index in [0.717, 1.165) is 12.0 Å². The molecule has 2 rings (SSSR count). The predicted octanol–water partition coefficient (Wildman–Crippen LogP) is 2.57. The van der Waals surface area contributed by atoms with E-state index in [1.54, 1.807) is 6.33 Å². The molecule has 64 valence electrons. The van der Waals surface area contributed by atoms with E-state index in [1.807, 2.05) is 0 Å². The summed E-state index contributed by atoms with van der Waals surface area (Å²) in [5, 5.41) is 0.634. The van der Waals surface area contributed by atoms with Crippen LogP contribution in [0.5, 0.6) is 0 Å². The molecule has 0 spiro atoms. The van der Waals surface area contributed by atoms with Gasteiger partial charge in [-0.3, -0.25) is 0 Å². The summed E-state index contributed by atoms with van der Waals surface area (Å²) >= 11 is 5.95. The van der Waals surface area contributed by atoms with Crippen LogP contribution >= 0.6 is 11.6 Å². The molecular weight excluding hydrogens is 172 g/mol. The van der Waals surface area contributed by atoms with Crippen LogP contribution in [0.3, 0.4) is 0 Å². The van der Waals surface area contributed by atoms with Crippen LogP contribution < -0.4 is 0 Å². The fraction of sp³-hybridized carbons (Fsp3) is 0.556. The van der Waals surface area contributed by atoms with Crippen molar-refractivity contribution in [2.45, 2.75) is 32.1 Å². The van der Waals surface area contributed by atoms with Crippen molar-refractivity contribution in [2.75, 3.05) is 0 Å². The molecule has 1 saturated carbocycles. The maximum Gasteiger partial charge on any atom is 0.135 e. The Hall–Kier alpha value is -0.630. The summed E-state index contributed by atoms with van der Waals surface area (Å²) < 4.78 is 0. The van der Waals surface area contributed by atoms with E-state index < -0.39 is 0 Å². The van der Waals surface area contributed by atoms with Crippen molar-refractivity contribution in [3.63, 3.8) is 0 Å². The van der Waals surface area contributed by atoms with Crippen molar-refractivity contribution in [1.29, 1.82) is 0 Å². The molecule has 0 aromatic carbocycles. The van der Waals surface area contributed by atoms with Crippen molar-refractivity contribution in [1.82, 2.24) is 9.97 Å². The summed E-state index contributed by atoms with van der Waals surface area (Å²) in [6.45, 7) is 2.09. The Kier molecular flexibility index (Phi) is 2.01. The van der Waals surface area contributed by atoms with Gasteiger partial charge in [-0.1, -0.05) is 18.5 Å². The predicted molar refractivity (Wildman–Crippen MR) is 48.4 cm³/mol. The lowest BCUT2D eigenvalue weighted by molar-refractivity contribution is 0.921. The highest BCUT2D eigenvalue weighted by Crippen LogP contribution is 2.41. The zero-order chi connectivity index (χ0) is 8.55. The maximum absolute atomic E-state index is 5.95. The second kappa shape index (κ2) is 3.02. The van der Waals surface area contributed by atoms with Gasteiger partial charge in [0.1, 0.15) is 11.5 Å². The molecule has 1 fully saturated rings. The third-order valence-electron chi connectivity index (χ3n) is 2.24. The lowest BCUT2D eigenvalue weighted by Gasteiger charge is -2.05. The Bertz CT molecular complexity index is 295. The molecule has 3 heteroatoms. The molecule has 0 saturated heterocycles. The summed E-state index contributed by atoms with van der Waals surface area (Å²) in [5.74, 6) is 0.667. The van der Waals surface area contributed by atoms with Gasteiger partial charge in [-0.05, 0) is 19.3 Å². The van der Waals surface area contributed by atoms with E-state index in [0.29, 0.717) is 11.1 Å². The van der Waals surface area contributed by atoms with Gasteiger partial charge >= 0.3 is 0 Å². The Balaban J connectivity index is 2.43. The van der Waals surface area contributed by atoms with Crippen LogP contribution in [0.4, 0.5) is 0 Å². The third-order valence-corrected chi connectivity index (χ3v) is 2.57. The molecule has 0 unspecified atom stereocenters. The maximum atomic E-state index is 5.95. The number of rotatable bonds is 2. The highest BCUT2D eigenvalue weighted by Gasteiger charge is 2.28. The van der Waals surface area contributed by atoms with Gasteiger partial charge < -0.3 is 0 Å². The minimum atomic E-state index is 0.634. The molecule has 1 aromatic heterocycles. The molecule has 1 aromatic rings. The van der Waals surface area contributed by atoms with E-state index >= 15 is 0 Å². The zero-order valence-electron chi connectivity index (χ0n) is 7.05. The smallest absolute Gasteiger partial charge is 0.135 e. The second-order valence-corrected chi connectivity index (χ2v) is 3.51. The summed E-state index contributed by atoms with van der Waals surface area (Å²) in [5.41, 5.74) is 2.32. The van der Waals surface area contributed by atoms with E-state index in [4.69, 9.17) is 11.6 Å². The van der Waals surface area contributed by atoms with Crippen LogP contribution in [0.1, 0.15) is 36.9 Å². The monoisotopic (exact) mass is 182 g/mol. The minimum Gasteiger partial charge on any atom is -0.241 e. The summed E-state index contributed by atoms with van der Waals surface area (Å²) in [6, 6.07) is 0. The molecule has 2 nitrogen and oxygen atoms in total. The normalized spacial score (nSPS) is 16.5. The molecule has 1 aliphatic rings. The summed E-state index contributed by atoms with van der Waals surface area (Å²) in [7, 11) is 0. The Morgan fingerprint density at radius 3 is 2.83 bits per heavy atom. The minimum absolute atomic E-state index is 0.634. The lowest BCUT2D eigenvalue weighted by Crippen LogP contribution is -1.97. The van der Waals surface area contributed by atoms with Gasteiger partial charge in [0.25, 0.3) is 0 Å². The first-order chi connectivity index (χ1) is 5.83. The molecule has 0 aliphatic heterocycles. The second-order valence-electron chi connectivity index (χ2n) is 3.16. The number of halogens is 1. The third kappa shape index (κ3) is 1.31. The Labute approximate surface area is 77.0 Å². The molecule has 0 amide bonds. The van der Waals surface area contributed by atoms with E-state index in [2.05, 4.69) is 16.9 Å². The molecule has 1 aliphatic carbocycles. The standard InChI is InChI=1S/C9H11ClN2/c1-2-7-8(6-3-4-6)11-5-12-9(7)10/h5-6H,2-4H2,1H3. The molecule has 12 heavy (non-hydrogen) atoms. The zero-order valence-corrected chi connectivity index (χ0v) is 7.80. The van der Waals surface area contributed by atoms with Crippen molar-refractivity contribution in [2.24, 2.45) is 0 Å². The lowest BCUT2D eigenvalue weighted by atomic mass is 10.1. The van der Waals surface area contributed by atoms with E-state index in [9.17, 15) is 0 Å². The summed E-state index contributed by atoms with van der Waals surface area (Å²) in [6.07, 6.45) is 5.03. The van der Waals surface area contributed by atoms with Crippen molar-refractivity contribution in [3.8, 4) is 0 Å². The van der Waals surface area contributed by atoms with Gasteiger partial charge in [-0.15, -0.1) is 0 Å². The van der Waals surface area contributed by atoms with Gasteiger partial charge in [-0.2, -0.15) is 0 Å². The van der Waals surface area contributed by atoms with Crippen LogP contribution in [-0.2, 0) is 6.42 Å². The molecular formula is C9H11ClN2. The number of hydrogen-bond donors (Lipinski definition) is 0. The fourth-order valence-electron chi connectivity index (χ4n) is 1.44. The van der Waals surface area contributed by atoms with Crippen LogP contribution in [0.15, 0.2) is 6.33 Å². The average molecular weight is 183 g/mol. The largest absolute Gasteiger partial charge is 0.241 e. The van der Waals surface area contributed by atoms with E-state index in [1.165, 1.54) is 18.5 Å². The Morgan fingerprint density at radius 2 is 2.25 bits per heavy atom. The van der Waals surface area contributed by atoms with Gasteiger partial charge in [0.2, 0.25) is 0 Å². The van der Waals surface area contributed by atoms with Crippen LogP contribution in [-0.4, -0.2) is 9.97 Å². The van der Waals surface area contributed by atoms with Gasteiger partial charge in [0, 0.05) is 11.5 Å². The first-order valence-corrected chi connectivity index (χ1v) is 4.70. The first kappa shape index (κ1) is 7.99. The SMILES string of the molecule is CCc1c(Cl)ncnc1C1CC1. The van der Waals surface area contributed by atoms with E-state index in [-0.39, 0.29) is 0 Å². The van der Waals surface area contributed by atoms with Crippen molar-refractivity contribution < 1.29 is 0 Å². The molecule has 0 bridgehead atoms. The molecule has 0 N–H and O–H groups in total. The Morgan fingerprint density at radius 1 is 1.50 bits per heavy atom. The highest BCUT2D eigenvalue weighted by atomic mass is 35.5.